The Kier molecular flexibility index (Phi) is 4.31. The van der Waals surface area contributed by atoms with Crippen molar-refractivity contribution in [2.75, 3.05) is 13.1 Å². The number of nitrogens with one attached hydrogen (secondary N) is 2. The summed E-state index contributed by atoms with van der Waals surface area (Å²) in [7, 11) is 0. The van der Waals surface area contributed by atoms with Crippen molar-refractivity contribution >= 4 is 17.2 Å². The predicted octanol–water partition coefficient (Wildman–Crippen LogP) is 2.66. The zero-order chi connectivity index (χ0) is 14.9. The predicted molar refractivity (Wildman–Crippen MR) is 85.3 cm³/mol. The summed E-state index contributed by atoms with van der Waals surface area (Å²) < 4.78 is 0. The lowest BCUT2D eigenvalue weighted by Crippen LogP contribution is -2.47. The average molecular weight is 307 g/mol. The second kappa shape index (κ2) is 6.05. The Hall–Kier alpha value is -0.940. The van der Waals surface area contributed by atoms with Crippen molar-refractivity contribution in [1.82, 2.24) is 15.6 Å². The zero-order valence-corrected chi connectivity index (χ0v) is 13.8. The molecule has 1 aromatic rings. The number of carbonyl (C=O) groups excluding carboxylic acids is 1. The van der Waals surface area contributed by atoms with Gasteiger partial charge < -0.3 is 10.6 Å². The average Bonchev–Trinajstić information content (AvgIpc) is 3.12. The fraction of sp³-hybridized carbons (Fsp3) is 0.750. The Bertz CT molecular complexity index is 513. The van der Waals surface area contributed by atoms with Gasteiger partial charge in [-0.3, -0.25) is 4.79 Å². The van der Waals surface area contributed by atoms with E-state index in [-0.39, 0.29) is 11.3 Å². The monoisotopic (exact) mass is 307 g/mol. The number of amides is 1. The molecule has 5 heteroatoms. The summed E-state index contributed by atoms with van der Waals surface area (Å²) in [5.41, 5.74) is 0.969. The summed E-state index contributed by atoms with van der Waals surface area (Å²) in [5, 5.41) is 9.70. The van der Waals surface area contributed by atoms with Crippen molar-refractivity contribution < 1.29 is 4.79 Å². The van der Waals surface area contributed by atoms with Gasteiger partial charge in [-0.25, -0.2) is 4.98 Å². The molecule has 2 N–H and O–H groups in total. The Balaban J connectivity index is 1.63. The molecule has 2 aliphatic rings. The second-order valence-corrected chi connectivity index (χ2v) is 7.68. The van der Waals surface area contributed by atoms with E-state index in [4.69, 9.17) is 0 Å². The molecular formula is C16H25N3OS. The van der Waals surface area contributed by atoms with Crippen LogP contribution in [-0.4, -0.2) is 24.0 Å². The summed E-state index contributed by atoms with van der Waals surface area (Å²) in [6.45, 7) is 6.71. The van der Waals surface area contributed by atoms with Crippen LogP contribution < -0.4 is 10.6 Å². The molecule has 2 atom stereocenters. The van der Waals surface area contributed by atoms with Gasteiger partial charge in [-0.15, -0.1) is 11.3 Å². The fourth-order valence-corrected chi connectivity index (χ4v) is 4.59. The third-order valence-corrected chi connectivity index (χ3v) is 5.92. The van der Waals surface area contributed by atoms with E-state index in [0.29, 0.717) is 18.4 Å². The van der Waals surface area contributed by atoms with E-state index in [1.54, 1.807) is 11.3 Å². The third kappa shape index (κ3) is 2.86. The second-order valence-electron chi connectivity index (χ2n) is 6.73. The Morgan fingerprint density at radius 2 is 2.43 bits per heavy atom. The van der Waals surface area contributed by atoms with Crippen LogP contribution in [0.5, 0.6) is 0 Å². The molecule has 1 saturated carbocycles. The highest BCUT2D eigenvalue weighted by Gasteiger charge is 2.49. The molecule has 0 bridgehead atoms. The van der Waals surface area contributed by atoms with Crippen LogP contribution in [0.15, 0.2) is 5.38 Å². The molecule has 0 unspecified atom stereocenters. The maximum atomic E-state index is 12.7. The molecule has 1 amide bonds. The lowest BCUT2D eigenvalue weighted by molar-refractivity contribution is -0.134. The number of carbonyl (C=O) groups is 1. The molecule has 1 aliphatic carbocycles. The number of aromatic nitrogens is 1. The molecule has 21 heavy (non-hydrogen) atoms. The van der Waals surface area contributed by atoms with E-state index in [0.717, 1.165) is 30.2 Å². The van der Waals surface area contributed by atoms with Gasteiger partial charge in [-0.1, -0.05) is 26.7 Å². The standard InChI is InChI=1S/C16H25N3OS/c1-11(2)13-9-21-14(19-13)8-18-15(20)16-6-4-3-5-12(16)7-17-10-16/h9,11-12,17H,3-8,10H2,1-2H3,(H,18,20)/t12-,16+/m0/s1. The van der Waals surface area contributed by atoms with Crippen molar-refractivity contribution in [3.8, 4) is 0 Å². The van der Waals surface area contributed by atoms with Crippen LogP contribution in [0.4, 0.5) is 0 Å². The lowest BCUT2D eigenvalue weighted by atomic mass is 9.67. The molecule has 116 valence electrons. The van der Waals surface area contributed by atoms with Crippen molar-refractivity contribution in [2.45, 2.75) is 52.0 Å². The highest BCUT2D eigenvalue weighted by molar-refractivity contribution is 7.09. The van der Waals surface area contributed by atoms with Crippen LogP contribution in [-0.2, 0) is 11.3 Å². The SMILES string of the molecule is CC(C)c1csc(CNC(=O)[C@@]23CCCC[C@H]2CNC3)n1. The van der Waals surface area contributed by atoms with Crippen molar-refractivity contribution in [3.05, 3.63) is 16.1 Å². The Labute approximate surface area is 130 Å². The molecule has 0 spiro atoms. The van der Waals surface area contributed by atoms with Crippen LogP contribution in [0.1, 0.15) is 56.2 Å². The zero-order valence-electron chi connectivity index (χ0n) is 12.9. The maximum absolute atomic E-state index is 12.7. The van der Waals surface area contributed by atoms with Gasteiger partial charge in [-0.2, -0.15) is 0 Å². The maximum Gasteiger partial charge on any atom is 0.228 e. The van der Waals surface area contributed by atoms with E-state index < -0.39 is 0 Å². The van der Waals surface area contributed by atoms with Gasteiger partial charge in [0.1, 0.15) is 5.01 Å². The molecule has 4 nitrogen and oxygen atoms in total. The molecule has 2 heterocycles. The molecule has 1 aromatic heterocycles. The fourth-order valence-electron chi connectivity index (χ4n) is 3.69. The van der Waals surface area contributed by atoms with E-state index >= 15 is 0 Å². The van der Waals surface area contributed by atoms with Gasteiger partial charge in [0.25, 0.3) is 0 Å². The normalized spacial score (nSPS) is 28.6. The van der Waals surface area contributed by atoms with Gasteiger partial charge in [0.2, 0.25) is 5.91 Å². The smallest absolute Gasteiger partial charge is 0.228 e. The Morgan fingerprint density at radius 1 is 1.57 bits per heavy atom. The van der Waals surface area contributed by atoms with Crippen LogP contribution in [0, 0.1) is 11.3 Å². The molecule has 0 aromatic carbocycles. The third-order valence-electron chi connectivity index (χ3n) is 5.05. The van der Waals surface area contributed by atoms with Crippen LogP contribution in [0.2, 0.25) is 0 Å². The first kappa shape index (κ1) is 15.0. The summed E-state index contributed by atoms with van der Waals surface area (Å²) in [6, 6.07) is 0. The minimum atomic E-state index is -0.156. The topological polar surface area (TPSA) is 54.0 Å². The first-order valence-electron chi connectivity index (χ1n) is 8.05. The minimum Gasteiger partial charge on any atom is -0.349 e. The molecule has 1 aliphatic heterocycles. The van der Waals surface area contributed by atoms with Crippen molar-refractivity contribution in [2.24, 2.45) is 11.3 Å². The minimum absolute atomic E-state index is 0.156. The highest BCUT2D eigenvalue weighted by Crippen LogP contribution is 2.43. The summed E-state index contributed by atoms with van der Waals surface area (Å²) in [4.78, 5) is 17.3. The van der Waals surface area contributed by atoms with E-state index in [9.17, 15) is 4.79 Å². The van der Waals surface area contributed by atoms with Crippen molar-refractivity contribution in [3.63, 3.8) is 0 Å². The largest absolute Gasteiger partial charge is 0.349 e. The van der Waals surface area contributed by atoms with Gasteiger partial charge >= 0.3 is 0 Å². The molecular weight excluding hydrogens is 282 g/mol. The quantitative estimate of drug-likeness (QED) is 0.899. The van der Waals surface area contributed by atoms with Gasteiger partial charge in [0.15, 0.2) is 0 Å². The first-order chi connectivity index (χ1) is 10.1. The van der Waals surface area contributed by atoms with Gasteiger partial charge in [0, 0.05) is 11.9 Å². The molecule has 0 radical (unpaired) electrons. The molecule has 3 rings (SSSR count). The summed E-state index contributed by atoms with van der Waals surface area (Å²) in [5.74, 6) is 1.21. The lowest BCUT2D eigenvalue weighted by Gasteiger charge is -2.37. The molecule has 1 saturated heterocycles. The summed E-state index contributed by atoms with van der Waals surface area (Å²) >= 11 is 1.65. The molecule has 2 fully saturated rings. The van der Waals surface area contributed by atoms with Crippen LogP contribution in [0.3, 0.4) is 0 Å². The highest BCUT2D eigenvalue weighted by atomic mass is 32.1. The van der Waals surface area contributed by atoms with Gasteiger partial charge in [0.05, 0.1) is 17.7 Å². The van der Waals surface area contributed by atoms with Crippen LogP contribution in [0.25, 0.3) is 0 Å². The summed E-state index contributed by atoms with van der Waals surface area (Å²) in [6.07, 6.45) is 4.67. The van der Waals surface area contributed by atoms with E-state index in [1.165, 1.54) is 19.3 Å². The van der Waals surface area contributed by atoms with Crippen LogP contribution >= 0.6 is 11.3 Å². The number of hydrogen-bond donors (Lipinski definition) is 2. The number of rotatable bonds is 4. The Morgan fingerprint density at radius 3 is 3.19 bits per heavy atom. The number of nitrogens with zero attached hydrogens (tertiary/aromatic N) is 1. The number of fused-ring (bicyclic) bond motifs is 1. The van der Waals surface area contributed by atoms with Crippen molar-refractivity contribution in [1.29, 1.82) is 0 Å². The number of thiazole rings is 1. The van der Waals surface area contributed by atoms with E-state index in [1.807, 2.05) is 0 Å². The van der Waals surface area contributed by atoms with Gasteiger partial charge in [-0.05, 0) is 31.2 Å². The van der Waals surface area contributed by atoms with E-state index in [2.05, 4.69) is 34.8 Å². The number of hydrogen-bond acceptors (Lipinski definition) is 4. The first-order valence-corrected chi connectivity index (χ1v) is 8.93.